The second kappa shape index (κ2) is 6.94. The van der Waals surface area contributed by atoms with Gasteiger partial charge >= 0.3 is 0 Å². The molecule has 0 fully saturated rings. The summed E-state index contributed by atoms with van der Waals surface area (Å²) in [5, 5.41) is 4.00. The lowest BCUT2D eigenvalue weighted by molar-refractivity contribution is 0.405. The van der Waals surface area contributed by atoms with E-state index in [2.05, 4.69) is 43.2 Å². The monoisotopic (exact) mass is 417 g/mol. The highest BCUT2D eigenvalue weighted by Crippen LogP contribution is 2.36. The van der Waals surface area contributed by atoms with E-state index in [1.807, 2.05) is 37.4 Å². The quantitative estimate of drug-likeness (QED) is 0.737. The Kier molecular flexibility index (Phi) is 5.49. The van der Waals surface area contributed by atoms with Crippen LogP contribution in [0.1, 0.15) is 17.2 Å². The molecule has 0 bridgehead atoms. The molecule has 0 aliphatic heterocycles. The normalized spacial score (nSPS) is 12.2. The molecule has 2 aromatic rings. The van der Waals surface area contributed by atoms with Gasteiger partial charge in [-0.05, 0) is 42.9 Å². The van der Waals surface area contributed by atoms with Crippen molar-refractivity contribution in [1.29, 1.82) is 0 Å². The zero-order chi connectivity index (χ0) is 14.7. The van der Waals surface area contributed by atoms with Gasteiger partial charge in [0.25, 0.3) is 0 Å². The highest BCUT2D eigenvalue weighted by Gasteiger charge is 2.19. The van der Waals surface area contributed by atoms with Crippen LogP contribution in [-0.4, -0.2) is 14.2 Å². The van der Waals surface area contributed by atoms with Gasteiger partial charge in [0.2, 0.25) is 0 Å². The molecule has 106 valence electrons. The van der Waals surface area contributed by atoms with Crippen LogP contribution in [0.5, 0.6) is 5.75 Å². The summed E-state index contributed by atoms with van der Waals surface area (Å²) >= 11 is 13.2. The Morgan fingerprint density at radius 1 is 1.10 bits per heavy atom. The van der Waals surface area contributed by atoms with Crippen LogP contribution in [0.15, 0.2) is 45.3 Å². The Bertz CT molecular complexity index is 619. The summed E-state index contributed by atoms with van der Waals surface area (Å²) in [6.07, 6.45) is 0. The van der Waals surface area contributed by atoms with Gasteiger partial charge in [-0.1, -0.05) is 49.5 Å². The van der Waals surface area contributed by atoms with Crippen LogP contribution in [0.25, 0.3) is 0 Å². The molecule has 1 N–H and O–H groups in total. The van der Waals surface area contributed by atoms with Gasteiger partial charge in [0.1, 0.15) is 5.75 Å². The lowest BCUT2D eigenvalue weighted by Gasteiger charge is -2.21. The van der Waals surface area contributed by atoms with Crippen molar-refractivity contribution in [2.24, 2.45) is 0 Å². The van der Waals surface area contributed by atoms with E-state index in [9.17, 15) is 0 Å². The van der Waals surface area contributed by atoms with Gasteiger partial charge in [0, 0.05) is 19.5 Å². The molecular formula is C15H14Br2ClNO. The molecule has 0 radical (unpaired) electrons. The Hall–Kier alpha value is -0.550. The molecular weight excluding hydrogens is 405 g/mol. The maximum Gasteiger partial charge on any atom is 0.124 e. The molecule has 0 spiro atoms. The average Bonchev–Trinajstić information content (AvgIpc) is 2.42. The van der Waals surface area contributed by atoms with Crippen molar-refractivity contribution in [2.45, 2.75) is 6.04 Å². The Morgan fingerprint density at radius 2 is 1.85 bits per heavy atom. The average molecular weight is 420 g/mol. The summed E-state index contributed by atoms with van der Waals surface area (Å²) in [7, 11) is 3.58. The summed E-state index contributed by atoms with van der Waals surface area (Å²) in [5.41, 5.74) is 2.13. The first-order chi connectivity index (χ1) is 9.56. The van der Waals surface area contributed by atoms with E-state index in [1.165, 1.54) is 0 Å². The van der Waals surface area contributed by atoms with Crippen molar-refractivity contribution in [3.05, 3.63) is 61.5 Å². The van der Waals surface area contributed by atoms with Crippen LogP contribution in [-0.2, 0) is 0 Å². The van der Waals surface area contributed by atoms with Crippen molar-refractivity contribution < 1.29 is 4.74 Å². The van der Waals surface area contributed by atoms with Gasteiger partial charge in [-0.25, -0.2) is 0 Å². The van der Waals surface area contributed by atoms with Crippen LogP contribution in [0.2, 0.25) is 5.02 Å². The summed E-state index contributed by atoms with van der Waals surface area (Å²) in [4.78, 5) is 0. The topological polar surface area (TPSA) is 21.3 Å². The van der Waals surface area contributed by atoms with Gasteiger partial charge in [0.05, 0.1) is 13.2 Å². The third-order valence-electron chi connectivity index (χ3n) is 3.06. The zero-order valence-electron chi connectivity index (χ0n) is 11.1. The maximum atomic E-state index is 6.12. The molecule has 0 amide bonds. The molecule has 0 aromatic heterocycles. The third kappa shape index (κ3) is 3.37. The standard InChI is InChI=1S/C15H14Br2ClNO/c1-19-15(11-5-3-9(16)7-13(11)17)12-8-10(18)4-6-14(12)20-2/h3-8,15,19H,1-2H3. The Balaban J connectivity index is 2.54. The Labute approximate surface area is 140 Å². The van der Waals surface area contributed by atoms with Gasteiger partial charge < -0.3 is 10.1 Å². The molecule has 5 heteroatoms. The van der Waals surface area contributed by atoms with E-state index >= 15 is 0 Å². The minimum absolute atomic E-state index is 0.00822. The molecule has 20 heavy (non-hydrogen) atoms. The van der Waals surface area contributed by atoms with Gasteiger partial charge in [-0.3, -0.25) is 0 Å². The SMILES string of the molecule is CNC(c1ccc(Br)cc1Br)c1cc(Cl)ccc1OC. The first-order valence-corrected chi connectivity index (χ1v) is 7.99. The van der Waals surface area contributed by atoms with Gasteiger partial charge in [0.15, 0.2) is 0 Å². The third-order valence-corrected chi connectivity index (χ3v) is 4.48. The summed E-state index contributed by atoms with van der Waals surface area (Å²) in [6, 6.07) is 11.7. The number of ether oxygens (including phenoxy) is 1. The number of nitrogens with one attached hydrogen (secondary N) is 1. The van der Waals surface area contributed by atoms with E-state index in [4.69, 9.17) is 16.3 Å². The van der Waals surface area contributed by atoms with Gasteiger partial charge in [-0.2, -0.15) is 0 Å². The minimum atomic E-state index is -0.00822. The molecule has 2 rings (SSSR count). The minimum Gasteiger partial charge on any atom is -0.496 e. The molecule has 0 aliphatic carbocycles. The number of methoxy groups -OCH3 is 1. The number of halogens is 3. The number of hydrogen-bond acceptors (Lipinski definition) is 2. The van der Waals surface area contributed by atoms with E-state index < -0.39 is 0 Å². The predicted molar refractivity (Wildman–Crippen MR) is 90.7 cm³/mol. The molecule has 0 heterocycles. The molecule has 0 saturated carbocycles. The molecule has 1 unspecified atom stereocenters. The van der Waals surface area contributed by atoms with Crippen LogP contribution in [0.4, 0.5) is 0 Å². The highest BCUT2D eigenvalue weighted by molar-refractivity contribution is 9.11. The van der Waals surface area contributed by atoms with Gasteiger partial charge in [-0.15, -0.1) is 0 Å². The van der Waals surface area contributed by atoms with E-state index in [0.717, 1.165) is 25.8 Å². The number of benzene rings is 2. The first-order valence-electron chi connectivity index (χ1n) is 6.02. The van der Waals surface area contributed by atoms with E-state index in [0.29, 0.717) is 5.02 Å². The molecule has 2 aromatic carbocycles. The van der Waals surface area contributed by atoms with E-state index in [1.54, 1.807) is 7.11 Å². The van der Waals surface area contributed by atoms with Crippen LogP contribution >= 0.6 is 43.5 Å². The van der Waals surface area contributed by atoms with Crippen LogP contribution in [0, 0.1) is 0 Å². The zero-order valence-corrected chi connectivity index (χ0v) is 15.0. The summed E-state index contributed by atoms with van der Waals surface area (Å²) < 4.78 is 7.50. The van der Waals surface area contributed by atoms with Crippen molar-refractivity contribution in [1.82, 2.24) is 5.32 Å². The van der Waals surface area contributed by atoms with Crippen molar-refractivity contribution >= 4 is 43.5 Å². The highest BCUT2D eigenvalue weighted by atomic mass is 79.9. The maximum absolute atomic E-state index is 6.12. The second-order valence-corrected chi connectivity index (χ2v) is 6.48. The number of rotatable bonds is 4. The fourth-order valence-electron chi connectivity index (χ4n) is 2.14. The lowest BCUT2D eigenvalue weighted by atomic mass is 9.98. The molecule has 1 atom stereocenters. The first kappa shape index (κ1) is 15.8. The summed E-state index contributed by atoms with van der Waals surface area (Å²) in [6.45, 7) is 0. The number of hydrogen-bond donors (Lipinski definition) is 1. The lowest BCUT2D eigenvalue weighted by Crippen LogP contribution is -2.19. The smallest absolute Gasteiger partial charge is 0.124 e. The fraction of sp³-hybridized carbons (Fsp3) is 0.200. The van der Waals surface area contributed by atoms with Crippen LogP contribution in [0.3, 0.4) is 0 Å². The largest absolute Gasteiger partial charge is 0.496 e. The Morgan fingerprint density at radius 3 is 2.45 bits per heavy atom. The van der Waals surface area contributed by atoms with Crippen LogP contribution < -0.4 is 10.1 Å². The van der Waals surface area contributed by atoms with E-state index in [-0.39, 0.29) is 6.04 Å². The predicted octanol–water partition coefficient (Wildman–Crippen LogP) is 5.18. The molecule has 0 aliphatic rings. The fourth-order valence-corrected chi connectivity index (χ4v) is 3.60. The van der Waals surface area contributed by atoms with Crippen molar-refractivity contribution in [3.8, 4) is 5.75 Å². The van der Waals surface area contributed by atoms with Crippen molar-refractivity contribution in [2.75, 3.05) is 14.2 Å². The second-order valence-electron chi connectivity index (χ2n) is 4.27. The molecule has 2 nitrogen and oxygen atoms in total. The summed E-state index contributed by atoms with van der Waals surface area (Å²) in [5.74, 6) is 0.809. The molecule has 0 saturated heterocycles. The van der Waals surface area contributed by atoms with Crippen molar-refractivity contribution in [3.63, 3.8) is 0 Å².